The van der Waals surface area contributed by atoms with Gasteiger partial charge in [0.05, 0.1) is 0 Å². The molecule has 2 rings (SSSR count). The topological polar surface area (TPSA) is 26.3 Å². The second-order valence-corrected chi connectivity index (χ2v) is 5.72. The third-order valence-corrected chi connectivity index (χ3v) is 3.82. The van der Waals surface area contributed by atoms with E-state index in [4.69, 9.17) is 4.74 Å². The van der Waals surface area contributed by atoms with Crippen LogP contribution in [0.2, 0.25) is 0 Å². The fraction of sp³-hybridized carbons (Fsp3) is 0.450. The number of allylic oxidation sites excluding steroid dienone is 2. The smallest absolute Gasteiger partial charge is 0.308 e. The first-order chi connectivity index (χ1) is 10.7. The Hall–Kier alpha value is -1.83. The number of para-hydroxylation sites is 1. The van der Waals surface area contributed by atoms with Crippen molar-refractivity contribution < 1.29 is 9.53 Å². The summed E-state index contributed by atoms with van der Waals surface area (Å²) in [5.41, 5.74) is 0.979. The van der Waals surface area contributed by atoms with Crippen LogP contribution in [0.25, 0.3) is 0 Å². The summed E-state index contributed by atoms with van der Waals surface area (Å²) in [4.78, 5) is 10.7. The highest BCUT2D eigenvalue weighted by molar-refractivity contribution is 5.69. The maximum Gasteiger partial charge on any atom is 0.308 e. The van der Waals surface area contributed by atoms with Crippen molar-refractivity contribution in [1.29, 1.82) is 0 Å². The minimum absolute atomic E-state index is 0.295. The Morgan fingerprint density at radius 1 is 1.18 bits per heavy atom. The lowest BCUT2D eigenvalue weighted by atomic mass is 9.87. The summed E-state index contributed by atoms with van der Waals surface area (Å²) in [7, 11) is 0. The monoisotopic (exact) mass is 300 g/mol. The molecule has 0 atom stereocenters. The van der Waals surface area contributed by atoms with Crippen LogP contribution < -0.4 is 4.74 Å². The van der Waals surface area contributed by atoms with Crippen LogP contribution in [-0.2, 0) is 11.2 Å². The minimum atomic E-state index is -0.295. The van der Waals surface area contributed by atoms with E-state index in [1.54, 1.807) is 12.1 Å². The number of carbonyl (C=O) groups is 1. The summed E-state index contributed by atoms with van der Waals surface area (Å²) >= 11 is 0. The van der Waals surface area contributed by atoms with Gasteiger partial charge >= 0.3 is 5.97 Å². The van der Waals surface area contributed by atoms with E-state index in [9.17, 15) is 4.79 Å². The molecule has 1 aromatic rings. The lowest BCUT2D eigenvalue weighted by Crippen LogP contribution is -2.04. The summed E-state index contributed by atoms with van der Waals surface area (Å²) in [6.45, 7) is 8.78. The van der Waals surface area contributed by atoms with Gasteiger partial charge in [0.25, 0.3) is 0 Å². The molecule has 0 aromatic heterocycles. The van der Waals surface area contributed by atoms with Gasteiger partial charge in [-0.2, -0.15) is 0 Å². The molecule has 1 saturated carbocycles. The van der Waals surface area contributed by atoms with Crippen molar-refractivity contribution >= 4 is 5.97 Å². The molecule has 0 bridgehead atoms. The maximum atomic E-state index is 10.7. The van der Waals surface area contributed by atoms with Crippen molar-refractivity contribution in [2.24, 2.45) is 5.92 Å². The summed E-state index contributed by atoms with van der Waals surface area (Å²) in [6.07, 6.45) is 13.1. The first-order valence-corrected chi connectivity index (χ1v) is 8.15. The molecule has 0 N–H and O–H groups in total. The van der Waals surface area contributed by atoms with Gasteiger partial charge in [-0.3, -0.25) is 4.79 Å². The Kier molecular flexibility index (Phi) is 8.97. The molecule has 2 heteroatoms. The normalized spacial score (nSPS) is 14.4. The molecule has 0 heterocycles. The van der Waals surface area contributed by atoms with Gasteiger partial charge in [0, 0.05) is 6.92 Å². The highest BCUT2D eigenvalue weighted by Gasteiger charge is 2.10. The van der Waals surface area contributed by atoms with Gasteiger partial charge in [-0.1, -0.05) is 62.5 Å². The average molecular weight is 300 g/mol. The van der Waals surface area contributed by atoms with Gasteiger partial charge in [0.1, 0.15) is 5.75 Å². The fourth-order valence-corrected chi connectivity index (χ4v) is 2.74. The van der Waals surface area contributed by atoms with E-state index >= 15 is 0 Å². The van der Waals surface area contributed by atoms with Crippen LogP contribution in [0, 0.1) is 5.92 Å². The van der Waals surface area contributed by atoms with Crippen LogP contribution in [0.3, 0.4) is 0 Å². The lowest BCUT2D eigenvalue weighted by Gasteiger charge is -2.19. The lowest BCUT2D eigenvalue weighted by molar-refractivity contribution is -0.131. The minimum Gasteiger partial charge on any atom is -0.426 e. The Balaban J connectivity index is 0.000000235. The number of hydrogen-bond donors (Lipinski definition) is 0. The maximum absolute atomic E-state index is 10.7. The highest BCUT2D eigenvalue weighted by Crippen LogP contribution is 2.26. The van der Waals surface area contributed by atoms with Gasteiger partial charge in [0.2, 0.25) is 0 Å². The van der Waals surface area contributed by atoms with E-state index in [1.807, 2.05) is 18.2 Å². The van der Waals surface area contributed by atoms with E-state index < -0.39 is 0 Å². The van der Waals surface area contributed by atoms with E-state index in [2.05, 4.69) is 19.2 Å². The Bertz CT molecular complexity index is 470. The van der Waals surface area contributed by atoms with Gasteiger partial charge in [-0.05, 0) is 30.4 Å². The Morgan fingerprint density at radius 3 is 2.45 bits per heavy atom. The number of esters is 1. The van der Waals surface area contributed by atoms with Crippen LogP contribution in [0.4, 0.5) is 0 Å². The van der Waals surface area contributed by atoms with Gasteiger partial charge in [-0.15, -0.1) is 13.2 Å². The second-order valence-electron chi connectivity index (χ2n) is 5.72. The largest absolute Gasteiger partial charge is 0.426 e. The van der Waals surface area contributed by atoms with Crippen LogP contribution in [0.1, 0.15) is 51.0 Å². The third kappa shape index (κ3) is 7.26. The van der Waals surface area contributed by atoms with E-state index in [0.29, 0.717) is 12.2 Å². The van der Waals surface area contributed by atoms with Crippen LogP contribution in [-0.4, -0.2) is 5.97 Å². The molecule has 0 spiro atoms. The van der Waals surface area contributed by atoms with Gasteiger partial charge in [0.15, 0.2) is 0 Å². The van der Waals surface area contributed by atoms with Gasteiger partial charge in [-0.25, -0.2) is 0 Å². The first kappa shape index (κ1) is 18.2. The summed E-state index contributed by atoms with van der Waals surface area (Å²) < 4.78 is 5.01. The number of hydrogen-bond acceptors (Lipinski definition) is 2. The second kappa shape index (κ2) is 10.8. The third-order valence-electron chi connectivity index (χ3n) is 3.82. The average Bonchev–Trinajstić information content (AvgIpc) is 2.51. The molecule has 2 nitrogen and oxygen atoms in total. The number of carbonyl (C=O) groups excluding carboxylic acids is 1. The predicted molar refractivity (Wildman–Crippen MR) is 93.0 cm³/mol. The van der Waals surface area contributed by atoms with Crippen molar-refractivity contribution in [2.75, 3.05) is 0 Å². The number of benzene rings is 1. The molecule has 0 radical (unpaired) electrons. The van der Waals surface area contributed by atoms with Crippen LogP contribution in [0.15, 0.2) is 49.6 Å². The standard InChI is InChI=1S/C11H12O2.C9H16/c1-3-6-10-7-4-5-8-11(10)13-9(2)12;1-2-6-9-7-4-3-5-8-9/h3-5,7-8H,1,6H2,2H3;2,9H,1,3-8H2. The summed E-state index contributed by atoms with van der Waals surface area (Å²) in [5.74, 6) is 1.31. The molecule has 1 fully saturated rings. The van der Waals surface area contributed by atoms with Crippen molar-refractivity contribution in [3.8, 4) is 5.75 Å². The molecular weight excluding hydrogens is 272 g/mol. The zero-order valence-electron chi connectivity index (χ0n) is 13.7. The van der Waals surface area contributed by atoms with Crippen molar-refractivity contribution in [1.82, 2.24) is 0 Å². The molecule has 120 valence electrons. The molecule has 0 aliphatic heterocycles. The molecule has 0 unspecified atom stereocenters. The molecule has 0 amide bonds. The Morgan fingerprint density at radius 2 is 1.86 bits per heavy atom. The van der Waals surface area contributed by atoms with E-state index in [0.717, 1.165) is 11.5 Å². The van der Waals surface area contributed by atoms with Crippen molar-refractivity contribution in [3.05, 3.63) is 55.1 Å². The van der Waals surface area contributed by atoms with Crippen molar-refractivity contribution in [2.45, 2.75) is 51.9 Å². The fourth-order valence-electron chi connectivity index (χ4n) is 2.74. The van der Waals surface area contributed by atoms with Gasteiger partial charge < -0.3 is 4.74 Å². The Labute approximate surface area is 134 Å². The molecule has 1 aliphatic rings. The number of rotatable bonds is 5. The predicted octanol–water partition coefficient (Wildman–Crippen LogP) is 5.48. The quantitative estimate of drug-likeness (QED) is 0.408. The van der Waals surface area contributed by atoms with Crippen LogP contribution in [0.5, 0.6) is 5.75 Å². The number of ether oxygens (including phenoxy) is 1. The highest BCUT2D eigenvalue weighted by atomic mass is 16.5. The molecule has 1 aromatic carbocycles. The first-order valence-electron chi connectivity index (χ1n) is 8.15. The SMILES string of the molecule is C=CCC1CCCCC1.C=CCc1ccccc1OC(C)=O. The molecular formula is C20H28O2. The van der Waals surface area contributed by atoms with E-state index in [-0.39, 0.29) is 5.97 Å². The van der Waals surface area contributed by atoms with Crippen molar-refractivity contribution in [3.63, 3.8) is 0 Å². The van der Waals surface area contributed by atoms with E-state index in [1.165, 1.54) is 45.4 Å². The zero-order chi connectivity index (χ0) is 16.2. The zero-order valence-corrected chi connectivity index (χ0v) is 13.7. The van der Waals surface area contributed by atoms with Crippen LogP contribution >= 0.6 is 0 Å². The molecule has 0 saturated heterocycles. The molecule has 22 heavy (non-hydrogen) atoms. The molecule has 1 aliphatic carbocycles. The summed E-state index contributed by atoms with van der Waals surface area (Å²) in [5, 5.41) is 0. The summed E-state index contributed by atoms with van der Waals surface area (Å²) in [6, 6.07) is 7.44.